The van der Waals surface area contributed by atoms with Crippen LogP contribution in [0.2, 0.25) is 0 Å². The van der Waals surface area contributed by atoms with Gasteiger partial charge in [0.25, 0.3) is 0 Å². The molecule has 1 N–H and O–H groups in total. The van der Waals surface area contributed by atoms with Crippen LogP contribution in [0.1, 0.15) is 50.1 Å². The summed E-state index contributed by atoms with van der Waals surface area (Å²) in [5.41, 5.74) is 0. The lowest BCUT2D eigenvalue weighted by atomic mass is 10.2. The van der Waals surface area contributed by atoms with Crippen molar-refractivity contribution in [1.29, 1.82) is 0 Å². The number of anilines is 1. The molecule has 1 amide bonds. The van der Waals surface area contributed by atoms with E-state index in [1.54, 1.807) is 0 Å². The van der Waals surface area contributed by atoms with Crippen LogP contribution in [0.4, 0.5) is 5.13 Å². The topological polar surface area (TPSA) is 64.1 Å². The minimum absolute atomic E-state index is 0.0156. The maximum Gasteiger partial charge on any atom is 0.226 e. The number of aromatic nitrogens is 2. The Kier molecular flexibility index (Phi) is 4.44. The van der Waals surface area contributed by atoms with E-state index in [0.29, 0.717) is 11.6 Å². The van der Waals surface area contributed by atoms with Gasteiger partial charge >= 0.3 is 0 Å². The summed E-state index contributed by atoms with van der Waals surface area (Å²) < 4.78 is 5.52. The Bertz CT molecular complexity index is 375. The largest absolute Gasteiger partial charge is 0.371 e. The summed E-state index contributed by atoms with van der Waals surface area (Å²) in [5.74, 6) is 0.0156. The molecule has 0 aliphatic carbocycles. The van der Waals surface area contributed by atoms with Crippen LogP contribution in [0.15, 0.2) is 0 Å². The number of rotatable bonds is 5. The van der Waals surface area contributed by atoms with Gasteiger partial charge in [-0.15, -0.1) is 10.2 Å². The third-order valence-electron chi connectivity index (χ3n) is 2.65. The first-order valence-electron chi connectivity index (χ1n) is 6.04. The van der Waals surface area contributed by atoms with Crippen LogP contribution in [-0.4, -0.2) is 22.7 Å². The fourth-order valence-electron chi connectivity index (χ4n) is 1.71. The van der Waals surface area contributed by atoms with Crippen LogP contribution in [0.3, 0.4) is 0 Å². The van der Waals surface area contributed by atoms with E-state index in [1.807, 2.05) is 0 Å². The Hall–Kier alpha value is -1.01. The number of carbonyl (C=O) groups is 1. The van der Waals surface area contributed by atoms with E-state index < -0.39 is 0 Å². The monoisotopic (exact) mass is 255 g/mol. The average Bonchev–Trinajstić information content (AvgIpc) is 2.95. The number of hydrogen-bond acceptors (Lipinski definition) is 5. The Morgan fingerprint density at radius 3 is 3.18 bits per heavy atom. The number of amides is 1. The van der Waals surface area contributed by atoms with Gasteiger partial charge in [0.05, 0.1) is 0 Å². The highest BCUT2D eigenvalue weighted by atomic mass is 32.1. The summed E-state index contributed by atoms with van der Waals surface area (Å²) in [7, 11) is 0. The second kappa shape index (κ2) is 6.07. The van der Waals surface area contributed by atoms with Crippen molar-refractivity contribution in [3.05, 3.63) is 5.01 Å². The lowest BCUT2D eigenvalue weighted by Crippen LogP contribution is -2.10. The quantitative estimate of drug-likeness (QED) is 0.878. The van der Waals surface area contributed by atoms with E-state index in [1.165, 1.54) is 11.3 Å². The van der Waals surface area contributed by atoms with E-state index in [0.717, 1.165) is 37.3 Å². The molecule has 1 saturated heterocycles. The summed E-state index contributed by atoms with van der Waals surface area (Å²) in [6.07, 6.45) is 4.62. The fourth-order valence-corrected chi connectivity index (χ4v) is 2.55. The maximum atomic E-state index is 11.5. The first-order chi connectivity index (χ1) is 8.29. The molecule has 1 unspecified atom stereocenters. The summed E-state index contributed by atoms with van der Waals surface area (Å²) in [5, 5.41) is 12.2. The van der Waals surface area contributed by atoms with Crippen molar-refractivity contribution in [2.75, 3.05) is 11.9 Å². The van der Waals surface area contributed by atoms with E-state index in [4.69, 9.17) is 4.74 Å². The second-order valence-electron chi connectivity index (χ2n) is 4.10. The molecule has 17 heavy (non-hydrogen) atoms. The van der Waals surface area contributed by atoms with Gasteiger partial charge in [0.15, 0.2) is 0 Å². The first kappa shape index (κ1) is 12.4. The number of ether oxygens (including phenoxy) is 1. The van der Waals surface area contributed by atoms with Crippen molar-refractivity contribution in [3.8, 4) is 0 Å². The van der Waals surface area contributed by atoms with Gasteiger partial charge in [-0.3, -0.25) is 4.79 Å². The Balaban J connectivity index is 1.87. The van der Waals surface area contributed by atoms with Gasteiger partial charge in [-0.2, -0.15) is 0 Å². The zero-order valence-electron chi connectivity index (χ0n) is 9.94. The molecule has 1 aliphatic heterocycles. The predicted molar refractivity (Wildman–Crippen MR) is 66.0 cm³/mol. The number of carbonyl (C=O) groups excluding carboxylic acids is 1. The predicted octanol–water partition coefficient (Wildman–Crippen LogP) is 2.52. The number of hydrogen-bond donors (Lipinski definition) is 1. The van der Waals surface area contributed by atoms with Gasteiger partial charge in [-0.25, -0.2) is 0 Å². The highest BCUT2D eigenvalue weighted by molar-refractivity contribution is 7.15. The number of unbranched alkanes of at least 4 members (excludes halogenated alkanes) is 1. The minimum atomic E-state index is 0.0156. The zero-order chi connectivity index (χ0) is 12.1. The highest BCUT2D eigenvalue weighted by Crippen LogP contribution is 2.31. The van der Waals surface area contributed by atoms with Crippen molar-refractivity contribution >= 4 is 22.4 Å². The van der Waals surface area contributed by atoms with Crippen LogP contribution >= 0.6 is 11.3 Å². The molecule has 1 aromatic rings. The zero-order valence-corrected chi connectivity index (χ0v) is 10.8. The molecule has 0 radical (unpaired) electrons. The normalized spacial score (nSPS) is 19.5. The van der Waals surface area contributed by atoms with Gasteiger partial charge in [0.1, 0.15) is 11.1 Å². The van der Waals surface area contributed by atoms with E-state index in [2.05, 4.69) is 22.4 Å². The molecule has 0 aromatic carbocycles. The molecule has 1 atom stereocenters. The number of nitrogens with one attached hydrogen (secondary N) is 1. The van der Waals surface area contributed by atoms with Crippen LogP contribution in [0.5, 0.6) is 0 Å². The maximum absolute atomic E-state index is 11.5. The van der Waals surface area contributed by atoms with Crippen molar-refractivity contribution < 1.29 is 9.53 Å². The Morgan fingerprint density at radius 1 is 1.59 bits per heavy atom. The average molecular weight is 255 g/mol. The smallest absolute Gasteiger partial charge is 0.226 e. The van der Waals surface area contributed by atoms with Gasteiger partial charge < -0.3 is 10.1 Å². The van der Waals surface area contributed by atoms with Crippen molar-refractivity contribution in [3.63, 3.8) is 0 Å². The Morgan fingerprint density at radius 2 is 2.47 bits per heavy atom. The minimum Gasteiger partial charge on any atom is -0.371 e. The number of nitrogens with zero attached hydrogens (tertiary/aromatic N) is 2. The summed E-state index contributed by atoms with van der Waals surface area (Å²) >= 11 is 1.41. The SMILES string of the molecule is CCCCC(=O)Nc1nnc(C2CCCO2)s1. The first-order valence-corrected chi connectivity index (χ1v) is 6.86. The molecular weight excluding hydrogens is 238 g/mol. The third-order valence-corrected chi connectivity index (χ3v) is 3.58. The fraction of sp³-hybridized carbons (Fsp3) is 0.727. The molecule has 1 aliphatic rings. The van der Waals surface area contributed by atoms with E-state index >= 15 is 0 Å². The van der Waals surface area contributed by atoms with Crippen molar-refractivity contribution in [1.82, 2.24) is 10.2 Å². The Labute approximate surface area is 105 Å². The molecule has 2 heterocycles. The second-order valence-corrected chi connectivity index (χ2v) is 5.11. The highest BCUT2D eigenvalue weighted by Gasteiger charge is 2.22. The molecule has 0 spiro atoms. The summed E-state index contributed by atoms with van der Waals surface area (Å²) in [6.45, 7) is 2.86. The summed E-state index contributed by atoms with van der Waals surface area (Å²) in [6, 6.07) is 0. The molecule has 1 aromatic heterocycles. The molecule has 0 saturated carbocycles. The van der Waals surface area contributed by atoms with Gasteiger partial charge in [0, 0.05) is 13.0 Å². The molecule has 5 nitrogen and oxygen atoms in total. The molecule has 2 rings (SSSR count). The standard InChI is InChI=1S/C11H17N3O2S/c1-2-3-6-9(15)12-11-14-13-10(17-11)8-5-4-7-16-8/h8H,2-7H2,1H3,(H,12,14,15). The third kappa shape index (κ3) is 3.47. The lowest BCUT2D eigenvalue weighted by molar-refractivity contribution is -0.116. The molecular formula is C11H17N3O2S. The van der Waals surface area contributed by atoms with Crippen LogP contribution in [0, 0.1) is 0 Å². The van der Waals surface area contributed by atoms with E-state index in [-0.39, 0.29) is 12.0 Å². The summed E-state index contributed by atoms with van der Waals surface area (Å²) in [4.78, 5) is 11.5. The van der Waals surface area contributed by atoms with Crippen LogP contribution < -0.4 is 5.32 Å². The van der Waals surface area contributed by atoms with Crippen molar-refractivity contribution in [2.24, 2.45) is 0 Å². The van der Waals surface area contributed by atoms with Gasteiger partial charge in [-0.05, 0) is 19.3 Å². The van der Waals surface area contributed by atoms with Gasteiger partial charge in [-0.1, -0.05) is 24.7 Å². The van der Waals surface area contributed by atoms with E-state index in [9.17, 15) is 4.79 Å². The lowest BCUT2D eigenvalue weighted by Gasteiger charge is -2.02. The van der Waals surface area contributed by atoms with Crippen LogP contribution in [-0.2, 0) is 9.53 Å². The molecule has 94 valence electrons. The molecule has 1 fully saturated rings. The van der Waals surface area contributed by atoms with Crippen molar-refractivity contribution in [2.45, 2.75) is 45.1 Å². The molecule has 0 bridgehead atoms. The van der Waals surface area contributed by atoms with Gasteiger partial charge in [0.2, 0.25) is 11.0 Å². The van der Waals surface area contributed by atoms with Crippen LogP contribution in [0.25, 0.3) is 0 Å². The molecule has 6 heteroatoms.